The summed E-state index contributed by atoms with van der Waals surface area (Å²) in [6.07, 6.45) is 9.01. The molecule has 0 radical (unpaired) electrons. The fraction of sp³-hybridized carbons (Fsp3) is 1.00. The Bertz CT molecular complexity index is 336. The smallest absolute Gasteiger partial charge is 0.0579 e. The standard InChI is InChI=1S/C17H29NO2/c1-18(9-17(10-19)11-20-12-17)8-16-5-13-2-14(6-16)4-15(3-13)7-16/h13-15,19H,2-12H2,1H3. The van der Waals surface area contributed by atoms with E-state index in [1.165, 1.54) is 45.1 Å². The van der Waals surface area contributed by atoms with Gasteiger partial charge in [0, 0.05) is 13.1 Å². The number of rotatable bonds is 5. The first-order chi connectivity index (χ1) is 9.60. The molecule has 0 atom stereocenters. The van der Waals surface area contributed by atoms with Crippen molar-refractivity contribution < 1.29 is 9.84 Å². The zero-order valence-electron chi connectivity index (χ0n) is 12.8. The molecule has 0 amide bonds. The van der Waals surface area contributed by atoms with Crippen LogP contribution in [-0.4, -0.2) is 50.0 Å². The van der Waals surface area contributed by atoms with Crippen LogP contribution in [0, 0.1) is 28.6 Å². The third-order valence-corrected chi connectivity index (χ3v) is 6.53. The maximum atomic E-state index is 9.61. The summed E-state index contributed by atoms with van der Waals surface area (Å²) in [5.74, 6) is 3.11. The van der Waals surface area contributed by atoms with Crippen LogP contribution in [-0.2, 0) is 4.74 Å². The molecule has 0 spiro atoms. The zero-order valence-corrected chi connectivity index (χ0v) is 12.8. The van der Waals surface area contributed by atoms with Gasteiger partial charge in [0.15, 0.2) is 0 Å². The summed E-state index contributed by atoms with van der Waals surface area (Å²) in [7, 11) is 2.26. The molecule has 1 saturated heterocycles. The highest BCUT2D eigenvalue weighted by molar-refractivity contribution is 5.02. The summed E-state index contributed by atoms with van der Waals surface area (Å²) in [6, 6.07) is 0. The minimum absolute atomic E-state index is 0.0387. The van der Waals surface area contributed by atoms with Gasteiger partial charge in [-0.05, 0) is 68.7 Å². The van der Waals surface area contributed by atoms with Gasteiger partial charge in [0.05, 0.1) is 25.2 Å². The highest BCUT2D eigenvalue weighted by atomic mass is 16.5. The molecule has 4 bridgehead atoms. The predicted molar refractivity (Wildman–Crippen MR) is 78.4 cm³/mol. The Kier molecular flexibility index (Phi) is 3.17. The van der Waals surface area contributed by atoms with E-state index in [1.807, 2.05) is 0 Å². The largest absolute Gasteiger partial charge is 0.396 e. The van der Waals surface area contributed by atoms with Crippen LogP contribution >= 0.6 is 0 Å². The first-order valence-electron chi connectivity index (χ1n) is 8.48. The second-order valence-electron chi connectivity index (χ2n) is 8.74. The molecule has 0 aromatic rings. The molecule has 1 heterocycles. The first-order valence-corrected chi connectivity index (χ1v) is 8.48. The molecule has 20 heavy (non-hydrogen) atoms. The lowest BCUT2D eigenvalue weighted by Gasteiger charge is -2.58. The quantitative estimate of drug-likeness (QED) is 0.837. The molecule has 0 unspecified atom stereocenters. The zero-order chi connectivity index (χ0) is 13.8. The summed E-state index contributed by atoms with van der Waals surface area (Å²) in [5.41, 5.74) is 0.655. The minimum Gasteiger partial charge on any atom is -0.396 e. The van der Waals surface area contributed by atoms with Crippen molar-refractivity contribution >= 4 is 0 Å². The van der Waals surface area contributed by atoms with Gasteiger partial charge in [0.1, 0.15) is 0 Å². The van der Waals surface area contributed by atoms with Crippen molar-refractivity contribution in [3.8, 4) is 0 Å². The summed E-state index contributed by atoms with van der Waals surface area (Å²) < 4.78 is 5.34. The lowest BCUT2D eigenvalue weighted by Crippen LogP contribution is -2.56. The van der Waals surface area contributed by atoms with Crippen molar-refractivity contribution in [3.63, 3.8) is 0 Å². The van der Waals surface area contributed by atoms with Gasteiger partial charge in [-0.3, -0.25) is 0 Å². The molecular formula is C17H29NO2. The van der Waals surface area contributed by atoms with E-state index in [9.17, 15) is 5.11 Å². The lowest BCUT2D eigenvalue weighted by atomic mass is 9.49. The van der Waals surface area contributed by atoms with Crippen molar-refractivity contribution in [2.75, 3.05) is 40.0 Å². The molecule has 3 nitrogen and oxygen atoms in total. The Labute approximate surface area is 122 Å². The van der Waals surface area contributed by atoms with Crippen molar-refractivity contribution in [2.24, 2.45) is 28.6 Å². The van der Waals surface area contributed by atoms with Crippen LogP contribution in [0.1, 0.15) is 38.5 Å². The summed E-state index contributed by atoms with van der Waals surface area (Å²) in [5, 5.41) is 9.61. The molecule has 5 fully saturated rings. The second kappa shape index (κ2) is 4.69. The number of hydrogen-bond donors (Lipinski definition) is 1. The molecule has 3 heteroatoms. The Hall–Kier alpha value is -0.120. The highest BCUT2D eigenvalue weighted by Crippen LogP contribution is 2.60. The molecule has 4 saturated carbocycles. The number of nitrogens with zero attached hydrogens (tertiary/aromatic N) is 1. The average molecular weight is 279 g/mol. The topological polar surface area (TPSA) is 32.7 Å². The van der Waals surface area contributed by atoms with Crippen LogP contribution in [0.15, 0.2) is 0 Å². The van der Waals surface area contributed by atoms with Gasteiger partial charge in [-0.15, -0.1) is 0 Å². The summed E-state index contributed by atoms with van der Waals surface area (Å²) in [6.45, 7) is 4.02. The fourth-order valence-electron chi connectivity index (χ4n) is 6.31. The monoisotopic (exact) mass is 279 g/mol. The summed E-state index contributed by atoms with van der Waals surface area (Å²) >= 11 is 0. The fourth-order valence-corrected chi connectivity index (χ4v) is 6.31. The number of ether oxygens (including phenoxy) is 1. The van der Waals surface area contributed by atoms with Gasteiger partial charge in [-0.1, -0.05) is 0 Å². The van der Waals surface area contributed by atoms with Crippen LogP contribution in [0.3, 0.4) is 0 Å². The third kappa shape index (κ3) is 2.22. The van der Waals surface area contributed by atoms with Gasteiger partial charge in [0.2, 0.25) is 0 Å². The van der Waals surface area contributed by atoms with E-state index in [1.54, 1.807) is 0 Å². The van der Waals surface area contributed by atoms with Crippen LogP contribution in [0.2, 0.25) is 0 Å². The molecular weight excluding hydrogens is 250 g/mol. The van der Waals surface area contributed by atoms with Crippen molar-refractivity contribution in [1.29, 1.82) is 0 Å². The number of hydrogen-bond acceptors (Lipinski definition) is 3. The maximum Gasteiger partial charge on any atom is 0.0579 e. The Balaban J connectivity index is 1.41. The maximum absolute atomic E-state index is 9.61. The minimum atomic E-state index is 0.0387. The average Bonchev–Trinajstić information content (AvgIpc) is 2.31. The molecule has 5 aliphatic rings. The van der Waals surface area contributed by atoms with E-state index >= 15 is 0 Å². The predicted octanol–water partition coefficient (Wildman–Crippen LogP) is 2.14. The van der Waals surface area contributed by atoms with E-state index in [0.717, 1.165) is 37.5 Å². The van der Waals surface area contributed by atoms with Crippen LogP contribution in [0.25, 0.3) is 0 Å². The Morgan fingerprint density at radius 3 is 1.95 bits per heavy atom. The lowest BCUT2D eigenvalue weighted by molar-refractivity contribution is -0.152. The summed E-state index contributed by atoms with van der Waals surface area (Å²) in [4.78, 5) is 2.51. The molecule has 4 aliphatic carbocycles. The van der Waals surface area contributed by atoms with Gasteiger partial charge < -0.3 is 14.7 Å². The highest BCUT2D eigenvalue weighted by Gasteiger charge is 2.51. The van der Waals surface area contributed by atoms with Gasteiger partial charge >= 0.3 is 0 Å². The van der Waals surface area contributed by atoms with Crippen molar-refractivity contribution in [3.05, 3.63) is 0 Å². The van der Waals surface area contributed by atoms with Crippen LogP contribution in [0.4, 0.5) is 0 Å². The van der Waals surface area contributed by atoms with E-state index in [4.69, 9.17) is 4.74 Å². The van der Waals surface area contributed by atoms with Gasteiger partial charge in [-0.2, -0.15) is 0 Å². The molecule has 1 aliphatic heterocycles. The third-order valence-electron chi connectivity index (χ3n) is 6.53. The molecule has 114 valence electrons. The van der Waals surface area contributed by atoms with Gasteiger partial charge in [-0.25, -0.2) is 0 Å². The van der Waals surface area contributed by atoms with E-state index in [-0.39, 0.29) is 12.0 Å². The number of aliphatic hydroxyl groups is 1. The molecule has 1 N–H and O–H groups in total. The van der Waals surface area contributed by atoms with E-state index in [2.05, 4.69) is 11.9 Å². The first kappa shape index (κ1) is 13.5. The number of aliphatic hydroxyl groups excluding tert-OH is 1. The van der Waals surface area contributed by atoms with E-state index in [0.29, 0.717) is 5.41 Å². The molecule has 5 rings (SSSR count). The van der Waals surface area contributed by atoms with E-state index < -0.39 is 0 Å². The van der Waals surface area contributed by atoms with Crippen molar-refractivity contribution in [1.82, 2.24) is 4.90 Å². The Morgan fingerprint density at radius 1 is 1.00 bits per heavy atom. The normalized spacial score (nSPS) is 44.9. The SMILES string of the molecule is CN(CC1(CO)COC1)CC12CC3CC(CC(C3)C1)C2. The Morgan fingerprint density at radius 2 is 1.55 bits per heavy atom. The van der Waals surface area contributed by atoms with Crippen LogP contribution < -0.4 is 0 Å². The molecule has 0 aromatic heterocycles. The van der Waals surface area contributed by atoms with Gasteiger partial charge in [0.25, 0.3) is 0 Å². The van der Waals surface area contributed by atoms with Crippen molar-refractivity contribution in [2.45, 2.75) is 38.5 Å². The van der Waals surface area contributed by atoms with Crippen LogP contribution in [0.5, 0.6) is 0 Å². The molecule has 0 aromatic carbocycles. The second-order valence-corrected chi connectivity index (χ2v) is 8.74.